The largest absolute Gasteiger partial charge is 0.507 e. The number of hydrogen-bond acceptors (Lipinski definition) is 4. The van der Waals surface area contributed by atoms with Crippen LogP contribution in [0, 0.1) is 5.92 Å². The average Bonchev–Trinajstić information content (AvgIpc) is 3.31. The van der Waals surface area contributed by atoms with Gasteiger partial charge in [0.05, 0.1) is 16.8 Å². The van der Waals surface area contributed by atoms with Gasteiger partial charge in [0.25, 0.3) is 5.91 Å². The van der Waals surface area contributed by atoms with E-state index in [-0.39, 0.29) is 11.7 Å². The summed E-state index contributed by atoms with van der Waals surface area (Å²) in [5.74, 6) is 0.314. The van der Waals surface area contributed by atoms with Crippen LogP contribution in [0.2, 0.25) is 5.02 Å². The number of carbonyl (C=O) groups is 1. The van der Waals surface area contributed by atoms with E-state index < -0.39 is 0 Å². The number of benzene rings is 2. The molecule has 3 heterocycles. The van der Waals surface area contributed by atoms with Crippen LogP contribution in [-0.4, -0.2) is 39.3 Å². The normalized spacial score (nSPS) is 17.1. The molecule has 0 radical (unpaired) electrons. The van der Waals surface area contributed by atoms with E-state index in [0.717, 1.165) is 60.2 Å². The van der Waals surface area contributed by atoms with Gasteiger partial charge < -0.3 is 14.7 Å². The maximum atomic E-state index is 13.2. The van der Waals surface area contributed by atoms with E-state index >= 15 is 0 Å². The summed E-state index contributed by atoms with van der Waals surface area (Å²) in [4.78, 5) is 14.9. The van der Waals surface area contributed by atoms with Crippen molar-refractivity contribution in [3.05, 3.63) is 57.7 Å². The minimum Gasteiger partial charge on any atom is -0.507 e. The van der Waals surface area contributed by atoms with Crippen LogP contribution in [-0.2, 0) is 24.2 Å². The fraction of sp³-hybridized carbons (Fsp3) is 0.364. The highest BCUT2D eigenvalue weighted by Gasteiger charge is 2.27. The molecule has 6 nitrogen and oxygen atoms in total. The van der Waals surface area contributed by atoms with E-state index in [4.69, 9.17) is 16.3 Å². The summed E-state index contributed by atoms with van der Waals surface area (Å²) in [5.41, 5.74) is 4.14. The third kappa shape index (κ3) is 3.47. The number of ether oxygens (including phenoxy) is 1. The first kappa shape index (κ1) is 18.5. The second kappa shape index (κ2) is 7.35. The molecule has 0 atom stereocenters. The van der Waals surface area contributed by atoms with Crippen LogP contribution >= 0.6 is 11.6 Å². The number of phenolic OH excluding ortho intramolecular Hbond substituents is 1. The predicted octanol–water partition coefficient (Wildman–Crippen LogP) is 4.05. The molecule has 0 aliphatic carbocycles. The van der Waals surface area contributed by atoms with Gasteiger partial charge in [-0.1, -0.05) is 17.7 Å². The highest BCUT2D eigenvalue weighted by molar-refractivity contribution is 6.30. The number of aromatic nitrogens is 2. The summed E-state index contributed by atoms with van der Waals surface area (Å²) < 4.78 is 5.44. The summed E-state index contributed by atoms with van der Waals surface area (Å²) in [6.45, 7) is 2.59. The minimum atomic E-state index is -0.185. The van der Waals surface area contributed by atoms with Gasteiger partial charge in [-0.15, -0.1) is 0 Å². The zero-order chi connectivity index (χ0) is 20.0. The Labute approximate surface area is 173 Å². The molecule has 0 saturated carbocycles. The van der Waals surface area contributed by atoms with Crippen molar-refractivity contribution in [2.45, 2.75) is 32.4 Å². The average molecular weight is 412 g/mol. The molecule has 2 aliphatic rings. The number of aromatic amines is 1. The van der Waals surface area contributed by atoms with E-state index in [1.54, 1.807) is 17.0 Å². The topological polar surface area (TPSA) is 78.4 Å². The first-order chi connectivity index (χ1) is 14.1. The molecule has 7 heteroatoms. The Kier molecular flexibility index (Phi) is 4.68. The summed E-state index contributed by atoms with van der Waals surface area (Å²) in [6.07, 6.45) is 2.88. The lowest BCUT2D eigenvalue weighted by Crippen LogP contribution is -2.25. The molecular formula is C22H22ClN3O3. The van der Waals surface area contributed by atoms with Crippen LogP contribution in [0.3, 0.4) is 0 Å². The molecular weight excluding hydrogens is 390 g/mol. The number of aromatic hydroxyl groups is 1. The van der Waals surface area contributed by atoms with E-state index in [1.165, 1.54) is 0 Å². The standard InChI is InChI=1S/C22H22ClN3O3/c23-16-2-1-14-11-26(12-15(14)8-16)22(28)18-9-17-19(7-13-3-5-29-6-4-13)24-25-20(17)10-21(18)27/h1-2,8-10,13,27H,3-7,11-12H2,(H,24,25). The van der Waals surface area contributed by atoms with Crippen molar-refractivity contribution in [2.24, 2.45) is 5.92 Å². The molecule has 29 heavy (non-hydrogen) atoms. The van der Waals surface area contributed by atoms with Gasteiger partial charge in [0.15, 0.2) is 0 Å². The highest BCUT2D eigenvalue weighted by Crippen LogP contribution is 2.32. The molecule has 1 aromatic heterocycles. The van der Waals surface area contributed by atoms with Gasteiger partial charge in [0, 0.05) is 42.8 Å². The van der Waals surface area contributed by atoms with Gasteiger partial charge >= 0.3 is 0 Å². The minimum absolute atomic E-state index is 0.0299. The van der Waals surface area contributed by atoms with Gasteiger partial charge in [-0.25, -0.2) is 0 Å². The quantitative estimate of drug-likeness (QED) is 0.681. The lowest BCUT2D eigenvalue weighted by atomic mass is 9.93. The van der Waals surface area contributed by atoms with Crippen LogP contribution in [0.1, 0.15) is 40.0 Å². The van der Waals surface area contributed by atoms with Crippen molar-refractivity contribution in [1.82, 2.24) is 15.1 Å². The fourth-order valence-corrected chi connectivity index (χ4v) is 4.53. The Morgan fingerprint density at radius 1 is 1.21 bits per heavy atom. The van der Waals surface area contributed by atoms with Crippen molar-refractivity contribution >= 4 is 28.4 Å². The number of nitrogens with zero attached hydrogens (tertiary/aromatic N) is 2. The van der Waals surface area contributed by atoms with Crippen LogP contribution in [0.5, 0.6) is 5.75 Å². The molecule has 0 spiro atoms. The number of nitrogens with one attached hydrogen (secondary N) is 1. The van der Waals surface area contributed by atoms with Gasteiger partial charge in [0.1, 0.15) is 5.75 Å². The summed E-state index contributed by atoms with van der Waals surface area (Å²) in [5, 5.41) is 19.5. The summed E-state index contributed by atoms with van der Waals surface area (Å²) in [7, 11) is 0. The molecule has 2 aliphatic heterocycles. The molecule has 150 valence electrons. The molecule has 3 aromatic rings. The number of halogens is 1. The van der Waals surface area contributed by atoms with E-state index in [2.05, 4.69) is 10.2 Å². The molecule has 2 N–H and O–H groups in total. The van der Waals surface area contributed by atoms with Gasteiger partial charge in [-0.3, -0.25) is 9.89 Å². The Morgan fingerprint density at radius 2 is 2.00 bits per heavy atom. The Morgan fingerprint density at radius 3 is 2.83 bits per heavy atom. The van der Waals surface area contributed by atoms with Gasteiger partial charge in [-0.2, -0.15) is 5.10 Å². The fourth-order valence-electron chi connectivity index (χ4n) is 4.34. The Hall–Kier alpha value is -2.57. The summed E-state index contributed by atoms with van der Waals surface area (Å²) in [6, 6.07) is 9.07. The van der Waals surface area contributed by atoms with Crippen molar-refractivity contribution in [3.8, 4) is 5.75 Å². The lowest BCUT2D eigenvalue weighted by Gasteiger charge is -2.21. The van der Waals surface area contributed by atoms with Crippen LogP contribution < -0.4 is 0 Å². The second-order valence-electron chi connectivity index (χ2n) is 7.92. The zero-order valence-corrected chi connectivity index (χ0v) is 16.7. The first-order valence-corrected chi connectivity index (χ1v) is 10.3. The van der Waals surface area contributed by atoms with Crippen LogP contribution in [0.15, 0.2) is 30.3 Å². The van der Waals surface area contributed by atoms with E-state index in [9.17, 15) is 9.90 Å². The monoisotopic (exact) mass is 411 g/mol. The smallest absolute Gasteiger partial charge is 0.258 e. The molecule has 0 unspecified atom stereocenters. The Balaban J connectivity index is 1.43. The molecule has 5 rings (SSSR count). The predicted molar refractivity (Wildman–Crippen MR) is 110 cm³/mol. The third-order valence-electron chi connectivity index (χ3n) is 5.99. The molecule has 1 saturated heterocycles. The van der Waals surface area contributed by atoms with Crippen molar-refractivity contribution in [3.63, 3.8) is 0 Å². The van der Waals surface area contributed by atoms with Gasteiger partial charge in [0.2, 0.25) is 0 Å². The molecule has 1 fully saturated rings. The highest BCUT2D eigenvalue weighted by atomic mass is 35.5. The number of fused-ring (bicyclic) bond motifs is 2. The van der Waals surface area contributed by atoms with Crippen molar-refractivity contribution in [1.29, 1.82) is 0 Å². The number of rotatable bonds is 3. The SMILES string of the molecule is O=C(c1cc2c(CC3CCOCC3)n[nH]c2cc1O)N1Cc2ccc(Cl)cc2C1. The first-order valence-electron chi connectivity index (χ1n) is 9.93. The van der Waals surface area contributed by atoms with Crippen molar-refractivity contribution < 1.29 is 14.6 Å². The van der Waals surface area contributed by atoms with E-state index in [1.807, 2.05) is 18.2 Å². The Bertz CT molecular complexity index is 1090. The number of hydrogen-bond donors (Lipinski definition) is 2. The number of carbonyl (C=O) groups excluding carboxylic acids is 1. The van der Waals surface area contributed by atoms with Gasteiger partial charge in [-0.05, 0) is 54.5 Å². The van der Waals surface area contributed by atoms with Crippen LogP contribution in [0.4, 0.5) is 0 Å². The molecule has 2 aromatic carbocycles. The van der Waals surface area contributed by atoms with E-state index in [0.29, 0.717) is 29.6 Å². The number of phenols is 1. The summed E-state index contributed by atoms with van der Waals surface area (Å²) >= 11 is 6.08. The molecule has 0 bridgehead atoms. The molecule has 1 amide bonds. The zero-order valence-electron chi connectivity index (χ0n) is 15.9. The number of amides is 1. The van der Waals surface area contributed by atoms with Crippen molar-refractivity contribution in [2.75, 3.05) is 13.2 Å². The lowest BCUT2D eigenvalue weighted by molar-refractivity contribution is 0.0663. The van der Waals surface area contributed by atoms with Crippen LogP contribution in [0.25, 0.3) is 10.9 Å². The third-order valence-corrected chi connectivity index (χ3v) is 6.22. The number of H-pyrrole nitrogens is 1. The maximum absolute atomic E-state index is 13.2. The second-order valence-corrected chi connectivity index (χ2v) is 8.36. The maximum Gasteiger partial charge on any atom is 0.258 e.